The highest BCUT2D eigenvalue weighted by molar-refractivity contribution is 5.99. The Labute approximate surface area is 182 Å². The molecule has 168 valence electrons. The number of aliphatic hydroxyl groups excluding tert-OH is 1. The lowest BCUT2D eigenvalue weighted by atomic mass is 9.43. The van der Waals surface area contributed by atoms with Crippen LogP contribution >= 0.6 is 0 Å². The summed E-state index contributed by atoms with van der Waals surface area (Å²) in [6.07, 6.45) is 10.4. The van der Waals surface area contributed by atoms with E-state index < -0.39 is 0 Å². The van der Waals surface area contributed by atoms with Gasteiger partial charge in [-0.2, -0.15) is 0 Å². The summed E-state index contributed by atoms with van der Waals surface area (Å²) in [6, 6.07) is 0. The molecule has 4 heteroatoms. The van der Waals surface area contributed by atoms with Crippen molar-refractivity contribution < 1.29 is 14.7 Å². The number of ketones is 1. The third-order valence-electron chi connectivity index (χ3n) is 10.3. The van der Waals surface area contributed by atoms with Crippen LogP contribution in [0.4, 0.5) is 0 Å². The summed E-state index contributed by atoms with van der Waals surface area (Å²) in [7, 11) is 0. The summed E-state index contributed by atoms with van der Waals surface area (Å²) in [6.45, 7) is 9.16. The fraction of sp³-hybridized carbons (Fsp3) is 0.846. The fourth-order valence-corrected chi connectivity index (χ4v) is 8.74. The van der Waals surface area contributed by atoms with E-state index in [9.17, 15) is 14.7 Å². The second kappa shape index (κ2) is 7.76. The lowest BCUT2D eigenvalue weighted by molar-refractivity contribution is -0.150. The quantitative estimate of drug-likeness (QED) is 0.656. The Hall–Kier alpha value is -1.16. The molecule has 3 unspecified atom stereocenters. The number of nitrogens with two attached hydrogens (primary N) is 1. The summed E-state index contributed by atoms with van der Waals surface area (Å²) in [5, 5.41) is 10.4. The molecule has 0 aromatic rings. The summed E-state index contributed by atoms with van der Waals surface area (Å²) in [5.74, 6) is 2.48. The molecule has 0 aromatic heterocycles. The molecule has 0 heterocycles. The SMILES string of the molecule is C/C=C1/C(=O)C2C3CC[C@H]([C@H](C)CCC(N)=O)[C@@]3(C)CCC2[C@@]2(C)CC[C@@H](O)C[C@@H]12. The van der Waals surface area contributed by atoms with Crippen molar-refractivity contribution in [2.45, 2.75) is 91.6 Å². The van der Waals surface area contributed by atoms with Gasteiger partial charge in [0, 0.05) is 12.3 Å². The van der Waals surface area contributed by atoms with E-state index in [2.05, 4.69) is 26.8 Å². The highest BCUT2D eigenvalue weighted by Gasteiger charge is 2.64. The minimum atomic E-state index is -0.266. The molecule has 4 fully saturated rings. The molecule has 0 radical (unpaired) electrons. The lowest BCUT2D eigenvalue weighted by Gasteiger charge is -2.61. The first-order valence-electron chi connectivity index (χ1n) is 12.3. The maximum absolute atomic E-state index is 13.9. The number of aliphatic hydroxyl groups is 1. The number of hydrogen-bond acceptors (Lipinski definition) is 3. The van der Waals surface area contributed by atoms with Crippen LogP contribution in [0, 0.1) is 46.3 Å². The van der Waals surface area contributed by atoms with E-state index in [-0.39, 0.29) is 34.7 Å². The molecule has 1 amide bonds. The number of rotatable bonds is 4. The molecule has 3 N–H and O–H groups in total. The summed E-state index contributed by atoms with van der Waals surface area (Å²) < 4.78 is 0. The second-order valence-corrected chi connectivity index (χ2v) is 11.5. The van der Waals surface area contributed by atoms with Gasteiger partial charge in [0.1, 0.15) is 0 Å². The predicted octanol–water partition coefficient (Wildman–Crippen LogP) is 4.64. The summed E-state index contributed by atoms with van der Waals surface area (Å²) >= 11 is 0. The number of allylic oxidation sites excluding steroid dienone is 2. The van der Waals surface area contributed by atoms with Gasteiger partial charge >= 0.3 is 0 Å². The van der Waals surface area contributed by atoms with E-state index in [1.165, 1.54) is 12.8 Å². The van der Waals surface area contributed by atoms with Gasteiger partial charge in [0.05, 0.1) is 6.10 Å². The van der Waals surface area contributed by atoms with Crippen LogP contribution in [0.15, 0.2) is 11.6 Å². The van der Waals surface area contributed by atoms with Crippen LogP contribution in [0.25, 0.3) is 0 Å². The molecule has 0 aliphatic heterocycles. The number of Topliss-reactive ketones (excluding diaryl/α,β-unsaturated/α-hetero) is 1. The smallest absolute Gasteiger partial charge is 0.217 e. The van der Waals surface area contributed by atoms with Gasteiger partial charge in [-0.05, 0) is 104 Å². The van der Waals surface area contributed by atoms with Gasteiger partial charge in [0.25, 0.3) is 0 Å². The van der Waals surface area contributed by atoms with E-state index in [1.54, 1.807) is 0 Å². The molecule has 0 spiro atoms. The Morgan fingerprint density at radius 3 is 2.50 bits per heavy atom. The van der Waals surface area contributed by atoms with Crippen molar-refractivity contribution in [3.63, 3.8) is 0 Å². The molecular weight excluding hydrogens is 374 g/mol. The van der Waals surface area contributed by atoms with E-state index in [0.717, 1.165) is 44.1 Å². The molecule has 4 rings (SSSR count). The third-order valence-corrected chi connectivity index (χ3v) is 10.3. The van der Waals surface area contributed by atoms with Crippen LogP contribution in [-0.2, 0) is 9.59 Å². The highest BCUT2D eigenvalue weighted by atomic mass is 16.3. The maximum atomic E-state index is 13.9. The zero-order valence-corrected chi connectivity index (χ0v) is 19.3. The first-order chi connectivity index (χ1) is 14.1. The van der Waals surface area contributed by atoms with Crippen LogP contribution < -0.4 is 5.73 Å². The van der Waals surface area contributed by atoms with Crippen molar-refractivity contribution in [2.24, 2.45) is 52.1 Å². The summed E-state index contributed by atoms with van der Waals surface area (Å²) in [5.41, 5.74) is 6.75. The van der Waals surface area contributed by atoms with E-state index in [1.807, 2.05) is 6.92 Å². The van der Waals surface area contributed by atoms with E-state index >= 15 is 0 Å². The van der Waals surface area contributed by atoms with Crippen molar-refractivity contribution in [1.82, 2.24) is 0 Å². The largest absolute Gasteiger partial charge is 0.393 e. The normalized spacial score (nSPS) is 48.0. The van der Waals surface area contributed by atoms with Gasteiger partial charge in [0.15, 0.2) is 5.78 Å². The van der Waals surface area contributed by atoms with Crippen molar-refractivity contribution in [2.75, 3.05) is 0 Å². The van der Waals surface area contributed by atoms with Gasteiger partial charge in [-0.25, -0.2) is 0 Å². The van der Waals surface area contributed by atoms with Crippen LogP contribution in [0.5, 0.6) is 0 Å². The van der Waals surface area contributed by atoms with Crippen LogP contribution in [0.1, 0.15) is 85.5 Å². The standard InChI is InChI=1S/C26H41NO3/c1-5-17-21-14-16(28)10-12-26(21,4)20-11-13-25(3)18(15(2)6-9-22(27)29)7-8-19(25)23(20)24(17)30/h5,15-16,18-21,23,28H,6-14H2,1-4H3,(H2,27,29)/b17-5+/t15-,16-,18-,19?,20?,21+,23?,25-,26-/m1/s1. The minimum absolute atomic E-state index is 0.136. The topological polar surface area (TPSA) is 80.4 Å². The first-order valence-corrected chi connectivity index (χ1v) is 12.3. The molecule has 0 bridgehead atoms. The van der Waals surface area contributed by atoms with E-state index in [4.69, 9.17) is 5.73 Å². The predicted molar refractivity (Wildman–Crippen MR) is 118 cm³/mol. The molecular formula is C26H41NO3. The lowest BCUT2D eigenvalue weighted by Crippen LogP contribution is -2.58. The molecule has 0 aromatic carbocycles. The number of carbonyl (C=O) groups is 2. The maximum Gasteiger partial charge on any atom is 0.217 e. The van der Waals surface area contributed by atoms with Gasteiger partial charge in [-0.3, -0.25) is 9.59 Å². The third kappa shape index (κ3) is 3.20. The monoisotopic (exact) mass is 415 g/mol. The van der Waals surface area contributed by atoms with Crippen LogP contribution in [0.2, 0.25) is 0 Å². The van der Waals surface area contributed by atoms with Crippen molar-refractivity contribution in [3.05, 3.63) is 11.6 Å². The molecule has 9 atom stereocenters. The van der Waals surface area contributed by atoms with Gasteiger partial charge in [0.2, 0.25) is 5.91 Å². The number of fused-ring (bicyclic) bond motifs is 5. The van der Waals surface area contributed by atoms with Gasteiger partial charge in [-0.15, -0.1) is 0 Å². The van der Waals surface area contributed by atoms with Crippen molar-refractivity contribution in [3.8, 4) is 0 Å². The van der Waals surface area contributed by atoms with Crippen LogP contribution in [0.3, 0.4) is 0 Å². The average molecular weight is 416 g/mol. The number of amides is 1. The van der Waals surface area contributed by atoms with Gasteiger partial charge in [-0.1, -0.05) is 26.8 Å². The fourth-order valence-electron chi connectivity index (χ4n) is 8.74. The number of primary amides is 1. The summed E-state index contributed by atoms with van der Waals surface area (Å²) in [4.78, 5) is 25.2. The molecule has 4 aliphatic carbocycles. The van der Waals surface area contributed by atoms with Gasteiger partial charge < -0.3 is 10.8 Å². The van der Waals surface area contributed by atoms with Crippen molar-refractivity contribution >= 4 is 11.7 Å². The minimum Gasteiger partial charge on any atom is -0.393 e. The molecule has 4 aliphatic rings. The molecule has 4 saturated carbocycles. The van der Waals surface area contributed by atoms with Crippen molar-refractivity contribution in [1.29, 1.82) is 0 Å². The first kappa shape index (κ1) is 22.0. The Kier molecular flexibility index (Phi) is 5.70. The second-order valence-electron chi connectivity index (χ2n) is 11.5. The Balaban J connectivity index is 1.64. The molecule has 4 nitrogen and oxygen atoms in total. The number of hydrogen-bond donors (Lipinski definition) is 2. The zero-order valence-electron chi connectivity index (χ0n) is 19.3. The average Bonchev–Trinajstić information content (AvgIpc) is 3.05. The van der Waals surface area contributed by atoms with E-state index in [0.29, 0.717) is 35.9 Å². The highest BCUT2D eigenvalue weighted by Crippen LogP contribution is 2.68. The molecule has 0 saturated heterocycles. The Bertz CT molecular complexity index is 745. The Morgan fingerprint density at radius 2 is 1.83 bits per heavy atom. The molecule has 30 heavy (non-hydrogen) atoms. The van der Waals surface area contributed by atoms with Crippen LogP contribution in [-0.4, -0.2) is 22.9 Å². The number of carbonyl (C=O) groups excluding carboxylic acids is 2. The zero-order chi connectivity index (χ0) is 21.8. The Morgan fingerprint density at radius 1 is 1.17 bits per heavy atom.